The molecule has 16 heavy (non-hydrogen) atoms. The molecule has 0 N–H and O–H groups in total. The van der Waals surface area contributed by atoms with Crippen LogP contribution < -0.4 is 4.90 Å². The van der Waals surface area contributed by atoms with E-state index < -0.39 is 0 Å². The van der Waals surface area contributed by atoms with Crippen molar-refractivity contribution in [1.82, 2.24) is 0 Å². The van der Waals surface area contributed by atoms with Gasteiger partial charge in [-0.05, 0) is 36.0 Å². The molecule has 0 radical (unpaired) electrons. The molecule has 2 rings (SSSR count). The molecular weight excluding hydrogens is 216 g/mol. The van der Waals surface area contributed by atoms with Gasteiger partial charge in [-0.2, -0.15) is 4.99 Å². The minimum atomic E-state index is -0.0446. The third kappa shape index (κ3) is 1.41. The average molecular weight is 230 g/mol. The maximum absolute atomic E-state index is 4.62. The zero-order valence-electron chi connectivity index (χ0n) is 9.74. The second-order valence-electron chi connectivity index (χ2n) is 4.54. The van der Waals surface area contributed by atoms with E-state index in [0.717, 1.165) is 11.4 Å². The van der Waals surface area contributed by atoms with Crippen LogP contribution in [-0.4, -0.2) is 12.2 Å². The van der Waals surface area contributed by atoms with Crippen molar-refractivity contribution < 1.29 is 0 Å². The average Bonchev–Trinajstić information content (AvgIpc) is 2.42. The highest BCUT2D eigenvalue weighted by molar-refractivity contribution is 7.78. The van der Waals surface area contributed by atoms with Gasteiger partial charge in [-0.3, -0.25) is 0 Å². The lowest BCUT2D eigenvalue weighted by atomic mass is 9.84. The van der Waals surface area contributed by atoms with E-state index in [-0.39, 0.29) is 5.41 Å². The van der Waals surface area contributed by atoms with Crippen molar-refractivity contribution in [3.8, 4) is 0 Å². The number of isothiocyanates is 1. The summed E-state index contributed by atoms with van der Waals surface area (Å²) in [6, 6.07) is 6.06. The molecule has 0 bridgehead atoms. The van der Waals surface area contributed by atoms with Crippen LogP contribution in [0.4, 0.5) is 11.4 Å². The number of likely N-dealkylation sites (N-methyl/N-ethyl adjacent to an activating group) is 1. The Morgan fingerprint density at radius 3 is 2.75 bits per heavy atom. The summed E-state index contributed by atoms with van der Waals surface area (Å²) in [6.45, 7) is 8.48. The van der Waals surface area contributed by atoms with Crippen LogP contribution in [0, 0.1) is 0 Å². The van der Waals surface area contributed by atoms with Crippen molar-refractivity contribution in [2.75, 3.05) is 11.9 Å². The largest absolute Gasteiger partial charge is 0.348 e. The number of aliphatic imine (C=N–C) groups is 1. The number of anilines is 1. The van der Waals surface area contributed by atoms with Crippen molar-refractivity contribution in [3.63, 3.8) is 0 Å². The van der Waals surface area contributed by atoms with E-state index in [4.69, 9.17) is 0 Å². The van der Waals surface area contributed by atoms with E-state index >= 15 is 0 Å². The monoisotopic (exact) mass is 230 g/mol. The van der Waals surface area contributed by atoms with Gasteiger partial charge >= 0.3 is 0 Å². The molecule has 0 atom stereocenters. The van der Waals surface area contributed by atoms with Gasteiger partial charge in [0.05, 0.1) is 10.8 Å². The molecule has 1 aromatic rings. The van der Waals surface area contributed by atoms with Gasteiger partial charge < -0.3 is 4.90 Å². The SMILES string of the molecule is C=C1N(C)c2ccc(N=C=S)cc2C1(C)C. The fourth-order valence-corrected chi connectivity index (χ4v) is 2.26. The predicted octanol–water partition coefficient (Wildman–Crippen LogP) is 3.66. The van der Waals surface area contributed by atoms with Crippen LogP contribution in [0.15, 0.2) is 35.5 Å². The molecule has 0 saturated heterocycles. The Morgan fingerprint density at radius 2 is 2.12 bits per heavy atom. The lowest BCUT2D eigenvalue weighted by Crippen LogP contribution is -2.21. The molecule has 82 valence electrons. The summed E-state index contributed by atoms with van der Waals surface area (Å²) in [6.07, 6.45) is 0. The lowest BCUT2D eigenvalue weighted by Gasteiger charge is -2.22. The minimum Gasteiger partial charge on any atom is -0.348 e. The Bertz CT molecular complexity index is 511. The van der Waals surface area contributed by atoms with Gasteiger partial charge in [0.15, 0.2) is 0 Å². The Morgan fingerprint density at radius 1 is 1.44 bits per heavy atom. The number of benzene rings is 1. The first kappa shape index (κ1) is 11.1. The Kier molecular flexibility index (Phi) is 2.45. The van der Waals surface area contributed by atoms with Gasteiger partial charge in [0.25, 0.3) is 0 Å². The zero-order valence-corrected chi connectivity index (χ0v) is 10.6. The first-order valence-corrected chi connectivity index (χ1v) is 5.55. The first-order chi connectivity index (χ1) is 7.48. The third-order valence-corrected chi connectivity index (χ3v) is 3.41. The summed E-state index contributed by atoms with van der Waals surface area (Å²) in [4.78, 5) is 6.14. The van der Waals surface area contributed by atoms with Crippen LogP contribution in [-0.2, 0) is 5.41 Å². The number of thiocarbonyl (C=S) groups is 1. The number of allylic oxidation sites excluding steroid dienone is 1. The van der Waals surface area contributed by atoms with Gasteiger partial charge in [-0.25, -0.2) is 0 Å². The Labute approximate surface area is 101 Å². The van der Waals surface area contributed by atoms with Gasteiger partial charge in [0.2, 0.25) is 0 Å². The number of rotatable bonds is 1. The molecule has 0 aromatic heterocycles. The fraction of sp³-hybridized carbons (Fsp3) is 0.308. The third-order valence-electron chi connectivity index (χ3n) is 3.32. The molecule has 1 aromatic carbocycles. The summed E-state index contributed by atoms with van der Waals surface area (Å²) < 4.78 is 0. The highest BCUT2D eigenvalue weighted by Gasteiger charge is 2.37. The van der Waals surface area contributed by atoms with E-state index in [1.165, 1.54) is 11.3 Å². The van der Waals surface area contributed by atoms with Crippen LogP contribution in [0.1, 0.15) is 19.4 Å². The molecule has 0 spiro atoms. The number of hydrogen-bond acceptors (Lipinski definition) is 3. The van der Waals surface area contributed by atoms with Crippen LogP contribution in [0.3, 0.4) is 0 Å². The molecular formula is C13H14N2S. The molecule has 1 heterocycles. The smallest absolute Gasteiger partial charge is 0.0744 e. The van der Waals surface area contributed by atoms with Crippen molar-refractivity contribution in [2.24, 2.45) is 4.99 Å². The van der Waals surface area contributed by atoms with E-state index in [1.54, 1.807) is 0 Å². The van der Waals surface area contributed by atoms with Crippen molar-refractivity contribution in [3.05, 3.63) is 36.0 Å². The summed E-state index contributed by atoms with van der Waals surface area (Å²) in [5.74, 6) is 0. The normalized spacial score (nSPS) is 16.9. The number of nitrogens with zero attached hydrogens (tertiary/aromatic N) is 2. The number of hydrogen-bond donors (Lipinski definition) is 0. The molecule has 2 nitrogen and oxygen atoms in total. The Balaban J connectivity index is 2.65. The van der Waals surface area contributed by atoms with E-state index in [0.29, 0.717) is 0 Å². The fourth-order valence-electron chi connectivity index (χ4n) is 2.16. The predicted molar refractivity (Wildman–Crippen MR) is 71.7 cm³/mol. The highest BCUT2D eigenvalue weighted by atomic mass is 32.1. The first-order valence-electron chi connectivity index (χ1n) is 5.14. The zero-order chi connectivity index (χ0) is 11.9. The summed E-state index contributed by atoms with van der Waals surface area (Å²) in [7, 11) is 2.04. The molecule has 0 saturated carbocycles. The summed E-state index contributed by atoms with van der Waals surface area (Å²) in [5.41, 5.74) is 4.34. The van der Waals surface area contributed by atoms with Gasteiger partial charge in [0.1, 0.15) is 0 Å². The van der Waals surface area contributed by atoms with Crippen molar-refractivity contribution >= 4 is 28.8 Å². The van der Waals surface area contributed by atoms with Crippen LogP contribution in [0.5, 0.6) is 0 Å². The van der Waals surface area contributed by atoms with Gasteiger partial charge in [0, 0.05) is 23.8 Å². The van der Waals surface area contributed by atoms with Gasteiger partial charge in [-0.15, -0.1) is 0 Å². The molecule has 0 fully saturated rings. The molecule has 1 aliphatic rings. The molecule has 0 amide bonds. The van der Waals surface area contributed by atoms with Crippen molar-refractivity contribution in [2.45, 2.75) is 19.3 Å². The van der Waals surface area contributed by atoms with E-state index in [1.807, 2.05) is 13.1 Å². The van der Waals surface area contributed by atoms with Crippen LogP contribution in [0.25, 0.3) is 0 Å². The molecule has 0 unspecified atom stereocenters. The highest BCUT2D eigenvalue weighted by Crippen LogP contribution is 2.47. The van der Waals surface area contributed by atoms with Crippen LogP contribution in [0.2, 0.25) is 0 Å². The maximum Gasteiger partial charge on any atom is 0.0744 e. The van der Waals surface area contributed by atoms with Crippen LogP contribution >= 0.6 is 12.2 Å². The molecule has 1 aliphatic heterocycles. The van der Waals surface area contributed by atoms with E-state index in [9.17, 15) is 0 Å². The van der Waals surface area contributed by atoms with E-state index in [2.05, 4.69) is 59.8 Å². The maximum atomic E-state index is 4.62. The topological polar surface area (TPSA) is 15.6 Å². The second-order valence-corrected chi connectivity index (χ2v) is 4.72. The second kappa shape index (κ2) is 3.55. The number of fused-ring (bicyclic) bond motifs is 1. The quantitative estimate of drug-likeness (QED) is 0.540. The summed E-state index contributed by atoms with van der Waals surface area (Å²) in [5, 5.41) is 2.40. The summed E-state index contributed by atoms with van der Waals surface area (Å²) >= 11 is 4.62. The molecule has 0 aliphatic carbocycles. The minimum absolute atomic E-state index is 0.0446. The lowest BCUT2D eigenvalue weighted by molar-refractivity contribution is 0.643. The van der Waals surface area contributed by atoms with Crippen molar-refractivity contribution in [1.29, 1.82) is 0 Å². The molecule has 3 heteroatoms. The van der Waals surface area contributed by atoms with Gasteiger partial charge in [-0.1, -0.05) is 20.4 Å². The standard InChI is InChI=1S/C13H14N2S/c1-9-13(2,3)11-7-10(14-8-16)5-6-12(11)15(9)4/h5-7H,1H2,2-4H3. The Hall–Kier alpha value is -1.44.